The van der Waals surface area contributed by atoms with E-state index in [-0.39, 0.29) is 0 Å². The number of nitriles is 1. The van der Waals surface area contributed by atoms with E-state index in [0.717, 1.165) is 23.3 Å². The molecule has 2 aromatic rings. The van der Waals surface area contributed by atoms with E-state index in [1.54, 1.807) is 7.11 Å². The third kappa shape index (κ3) is 1.77. The van der Waals surface area contributed by atoms with Gasteiger partial charge in [-0.3, -0.25) is 0 Å². The van der Waals surface area contributed by atoms with Crippen LogP contribution in [0, 0.1) is 11.3 Å². The Morgan fingerprint density at radius 3 is 2.78 bits per heavy atom. The van der Waals surface area contributed by atoms with Crippen LogP contribution in [0.15, 0.2) is 18.2 Å². The number of hydrogen-bond donors (Lipinski definition) is 0. The first-order chi connectivity index (χ1) is 8.55. The molecule has 4 heteroatoms. The zero-order valence-electron chi connectivity index (χ0n) is 11.2. The highest BCUT2D eigenvalue weighted by atomic mass is 16.5. The molecule has 0 spiro atoms. The van der Waals surface area contributed by atoms with Crippen molar-refractivity contribution in [1.82, 2.24) is 9.55 Å². The SMILES string of the molecule is CCC(C)(OC)c1nc2cc(C#N)ccc2n1C. The topological polar surface area (TPSA) is 50.8 Å². The summed E-state index contributed by atoms with van der Waals surface area (Å²) >= 11 is 0. The highest BCUT2D eigenvalue weighted by Gasteiger charge is 2.29. The zero-order valence-corrected chi connectivity index (χ0v) is 11.2. The molecule has 0 bridgehead atoms. The van der Waals surface area contributed by atoms with E-state index in [1.807, 2.05) is 36.7 Å². The summed E-state index contributed by atoms with van der Waals surface area (Å²) in [6.07, 6.45) is 0.839. The van der Waals surface area contributed by atoms with Crippen LogP contribution in [0.3, 0.4) is 0 Å². The summed E-state index contributed by atoms with van der Waals surface area (Å²) in [6, 6.07) is 7.68. The molecule has 0 radical (unpaired) electrons. The molecule has 1 aromatic heterocycles. The fraction of sp³-hybridized carbons (Fsp3) is 0.429. The Hall–Kier alpha value is -1.86. The van der Waals surface area contributed by atoms with E-state index in [1.165, 1.54) is 0 Å². The molecule has 0 amide bonds. The largest absolute Gasteiger partial charge is 0.371 e. The molecular weight excluding hydrogens is 226 g/mol. The summed E-state index contributed by atoms with van der Waals surface area (Å²) in [7, 11) is 3.67. The van der Waals surface area contributed by atoms with Crippen molar-refractivity contribution in [2.45, 2.75) is 25.9 Å². The molecular formula is C14H17N3O. The second-order valence-corrected chi connectivity index (χ2v) is 4.60. The molecule has 2 rings (SSSR count). The Labute approximate surface area is 107 Å². The van der Waals surface area contributed by atoms with Gasteiger partial charge < -0.3 is 9.30 Å². The van der Waals surface area contributed by atoms with Crippen LogP contribution in [0.5, 0.6) is 0 Å². The minimum absolute atomic E-state index is 0.402. The molecule has 94 valence electrons. The van der Waals surface area contributed by atoms with Crippen LogP contribution < -0.4 is 0 Å². The van der Waals surface area contributed by atoms with Gasteiger partial charge in [-0.25, -0.2) is 4.98 Å². The van der Waals surface area contributed by atoms with Crippen LogP contribution >= 0.6 is 0 Å². The van der Waals surface area contributed by atoms with E-state index < -0.39 is 5.60 Å². The summed E-state index contributed by atoms with van der Waals surface area (Å²) in [5, 5.41) is 8.92. The second kappa shape index (κ2) is 4.43. The van der Waals surface area contributed by atoms with Crippen molar-refractivity contribution >= 4 is 11.0 Å². The van der Waals surface area contributed by atoms with E-state index in [9.17, 15) is 0 Å². The molecule has 0 saturated heterocycles. The minimum Gasteiger partial charge on any atom is -0.371 e. The first-order valence-corrected chi connectivity index (χ1v) is 5.98. The minimum atomic E-state index is -0.402. The molecule has 0 aliphatic heterocycles. The molecule has 0 fully saturated rings. The van der Waals surface area contributed by atoms with Gasteiger partial charge in [-0.2, -0.15) is 5.26 Å². The number of methoxy groups -OCH3 is 1. The van der Waals surface area contributed by atoms with Crippen molar-refractivity contribution < 1.29 is 4.74 Å². The van der Waals surface area contributed by atoms with Gasteiger partial charge >= 0.3 is 0 Å². The van der Waals surface area contributed by atoms with Crippen molar-refractivity contribution in [3.8, 4) is 6.07 Å². The number of benzene rings is 1. The predicted octanol–water partition coefficient (Wildman–Crippen LogP) is 2.72. The van der Waals surface area contributed by atoms with Gasteiger partial charge in [0.15, 0.2) is 0 Å². The van der Waals surface area contributed by atoms with E-state index in [2.05, 4.69) is 18.0 Å². The lowest BCUT2D eigenvalue weighted by molar-refractivity contribution is -0.0107. The number of rotatable bonds is 3. The van der Waals surface area contributed by atoms with Crippen LogP contribution in [0.2, 0.25) is 0 Å². The van der Waals surface area contributed by atoms with Crippen molar-refractivity contribution in [3.63, 3.8) is 0 Å². The average molecular weight is 243 g/mol. The number of imidazole rings is 1. The highest BCUT2D eigenvalue weighted by Crippen LogP contribution is 2.29. The summed E-state index contributed by atoms with van der Waals surface area (Å²) in [5.74, 6) is 0.887. The predicted molar refractivity (Wildman–Crippen MR) is 70.1 cm³/mol. The molecule has 1 heterocycles. The van der Waals surface area contributed by atoms with Crippen molar-refractivity contribution in [2.24, 2.45) is 7.05 Å². The van der Waals surface area contributed by atoms with E-state index in [0.29, 0.717) is 5.56 Å². The molecule has 4 nitrogen and oxygen atoms in total. The smallest absolute Gasteiger partial charge is 0.141 e. The Morgan fingerprint density at radius 2 is 2.22 bits per heavy atom. The van der Waals surface area contributed by atoms with Crippen LogP contribution in [0.25, 0.3) is 11.0 Å². The van der Waals surface area contributed by atoms with Crippen LogP contribution in [0.4, 0.5) is 0 Å². The van der Waals surface area contributed by atoms with Crippen LogP contribution in [-0.4, -0.2) is 16.7 Å². The van der Waals surface area contributed by atoms with Crippen molar-refractivity contribution in [3.05, 3.63) is 29.6 Å². The number of ether oxygens (including phenoxy) is 1. The van der Waals surface area contributed by atoms with Gasteiger partial charge in [-0.1, -0.05) is 6.92 Å². The molecule has 0 aliphatic carbocycles. The standard InChI is InChI=1S/C14H17N3O/c1-5-14(2,18-4)13-16-11-8-10(9-15)6-7-12(11)17(13)3/h6-8H,5H2,1-4H3. The molecule has 1 aromatic carbocycles. The van der Waals surface area contributed by atoms with E-state index >= 15 is 0 Å². The van der Waals surface area contributed by atoms with Crippen molar-refractivity contribution in [2.75, 3.05) is 7.11 Å². The lowest BCUT2D eigenvalue weighted by Crippen LogP contribution is -2.27. The first-order valence-electron chi connectivity index (χ1n) is 5.98. The number of nitrogens with zero attached hydrogens (tertiary/aromatic N) is 3. The van der Waals surface area contributed by atoms with Crippen LogP contribution in [-0.2, 0) is 17.4 Å². The maximum atomic E-state index is 8.92. The quantitative estimate of drug-likeness (QED) is 0.832. The summed E-state index contributed by atoms with van der Waals surface area (Å²) in [6.45, 7) is 4.10. The van der Waals surface area contributed by atoms with Gasteiger partial charge in [0.2, 0.25) is 0 Å². The molecule has 1 atom stereocenters. The second-order valence-electron chi connectivity index (χ2n) is 4.60. The molecule has 0 aliphatic rings. The van der Waals surface area contributed by atoms with Gasteiger partial charge in [0.25, 0.3) is 0 Å². The Morgan fingerprint density at radius 1 is 1.50 bits per heavy atom. The first kappa shape index (κ1) is 12.6. The third-order valence-corrected chi connectivity index (χ3v) is 3.61. The highest BCUT2D eigenvalue weighted by molar-refractivity contribution is 5.77. The molecule has 1 unspecified atom stereocenters. The Kier molecular flexibility index (Phi) is 3.10. The van der Waals surface area contributed by atoms with Gasteiger partial charge in [-0.15, -0.1) is 0 Å². The zero-order chi connectivity index (χ0) is 13.3. The molecule has 0 N–H and O–H groups in total. The summed E-state index contributed by atoms with van der Waals surface area (Å²) in [5.41, 5.74) is 2.08. The Bertz CT molecular complexity index is 618. The lowest BCUT2D eigenvalue weighted by Gasteiger charge is -2.25. The number of aromatic nitrogens is 2. The normalized spacial score (nSPS) is 14.4. The van der Waals surface area contributed by atoms with Gasteiger partial charge in [-0.05, 0) is 31.5 Å². The monoisotopic (exact) mass is 243 g/mol. The summed E-state index contributed by atoms with van der Waals surface area (Å²) in [4.78, 5) is 4.62. The summed E-state index contributed by atoms with van der Waals surface area (Å²) < 4.78 is 7.62. The van der Waals surface area contributed by atoms with Gasteiger partial charge in [0, 0.05) is 14.2 Å². The number of aryl methyl sites for hydroxylation is 1. The molecule has 18 heavy (non-hydrogen) atoms. The van der Waals surface area contributed by atoms with Gasteiger partial charge in [0.1, 0.15) is 11.4 Å². The van der Waals surface area contributed by atoms with Crippen molar-refractivity contribution in [1.29, 1.82) is 5.26 Å². The number of hydrogen-bond acceptors (Lipinski definition) is 3. The van der Waals surface area contributed by atoms with E-state index in [4.69, 9.17) is 10.00 Å². The lowest BCUT2D eigenvalue weighted by atomic mass is 10.0. The Balaban J connectivity index is 2.68. The average Bonchev–Trinajstić information content (AvgIpc) is 2.75. The number of fused-ring (bicyclic) bond motifs is 1. The maximum Gasteiger partial charge on any atom is 0.141 e. The third-order valence-electron chi connectivity index (χ3n) is 3.61. The fourth-order valence-corrected chi connectivity index (χ4v) is 2.14. The fourth-order valence-electron chi connectivity index (χ4n) is 2.14. The van der Waals surface area contributed by atoms with Gasteiger partial charge in [0.05, 0.1) is 22.7 Å². The molecule has 0 saturated carbocycles. The van der Waals surface area contributed by atoms with Crippen LogP contribution in [0.1, 0.15) is 31.7 Å². The maximum absolute atomic E-state index is 8.92.